The second kappa shape index (κ2) is 4.73. The van der Waals surface area contributed by atoms with Gasteiger partial charge in [-0.2, -0.15) is 13.2 Å². The van der Waals surface area contributed by atoms with Crippen LogP contribution in [0.15, 0.2) is 36.5 Å². The number of nitrogens with one attached hydrogen (secondary N) is 1. The first-order valence-electron chi connectivity index (χ1n) is 6.00. The Morgan fingerprint density at radius 3 is 2.62 bits per heavy atom. The molecule has 1 aromatic heterocycles. The van der Waals surface area contributed by atoms with Crippen LogP contribution in [0.3, 0.4) is 0 Å². The zero-order valence-electron chi connectivity index (χ0n) is 10.4. The topological polar surface area (TPSA) is 42.0 Å². The van der Waals surface area contributed by atoms with E-state index in [0.29, 0.717) is 17.4 Å². The van der Waals surface area contributed by atoms with Crippen molar-refractivity contribution in [2.75, 3.05) is 5.32 Å². The van der Waals surface area contributed by atoms with Crippen molar-refractivity contribution in [3.63, 3.8) is 0 Å². The Morgan fingerprint density at radius 2 is 1.95 bits per heavy atom. The molecule has 2 aromatic rings. The summed E-state index contributed by atoms with van der Waals surface area (Å²) in [7, 11) is 0. The first kappa shape index (κ1) is 13.9. The number of fused-ring (bicyclic) bond motifs is 1. The van der Waals surface area contributed by atoms with E-state index in [1.807, 2.05) is 0 Å². The molecule has 0 aliphatic carbocycles. The van der Waals surface area contributed by atoms with E-state index < -0.39 is 17.7 Å². The van der Waals surface area contributed by atoms with E-state index in [1.165, 1.54) is 0 Å². The summed E-state index contributed by atoms with van der Waals surface area (Å²) in [5.74, 6) is -1.15. The lowest BCUT2D eigenvalue weighted by molar-refractivity contribution is -0.137. The summed E-state index contributed by atoms with van der Waals surface area (Å²) in [6.07, 6.45) is -3.83. The van der Waals surface area contributed by atoms with Crippen LogP contribution in [0, 0.1) is 0 Å². The third-order valence-electron chi connectivity index (χ3n) is 3.26. The summed E-state index contributed by atoms with van der Waals surface area (Å²) in [6.45, 7) is 0. The average molecular weight is 313 g/mol. The highest BCUT2D eigenvalue weighted by atomic mass is 35.5. The molecule has 2 heterocycles. The Balaban J connectivity index is 2.08. The third-order valence-corrected chi connectivity index (χ3v) is 3.56. The molecule has 1 aliphatic heterocycles. The molecule has 3 nitrogen and oxygen atoms in total. The smallest absolute Gasteiger partial charge is 0.325 e. The minimum Gasteiger partial charge on any atom is -0.325 e. The number of alkyl halides is 3. The Labute approximate surface area is 122 Å². The molecule has 1 aliphatic rings. The molecule has 0 saturated carbocycles. The molecule has 1 amide bonds. The summed E-state index contributed by atoms with van der Waals surface area (Å²) in [5.41, 5.74) is 0.442. The van der Waals surface area contributed by atoms with Crippen LogP contribution in [0.2, 0.25) is 5.02 Å². The number of nitrogens with zero attached hydrogens (tertiary/aromatic N) is 1. The molecular formula is C14H8ClF3N2O. The first-order chi connectivity index (χ1) is 9.88. The zero-order valence-corrected chi connectivity index (χ0v) is 11.2. The number of hydrogen-bond acceptors (Lipinski definition) is 2. The summed E-state index contributed by atoms with van der Waals surface area (Å²) < 4.78 is 37.8. The fourth-order valence-electron chi connectivity index (χ4n) is 2.30. The number of anilines is 1. The van der Waals surface area contributed by atoms with Crippen LogP contribution in [-0.4, -0.2) is 10.9 Å². The van der Waals surface area contributed by atoms with Gasteiger partial charge in [-0.05, 0) is 17.7 Å². The van der Waals surface area contributed by atoms with Gasteiger partial charge in [0, 0.05) is 11.9 Å². The van der Waals surface area contributed by atoms with Crippen LogP contribution in [0.5, 0.6) is 0 Å². The molecule has 1 aromatic carbocycles. The maximum Gasteiger partial charge on any atom is 0.417 e. The highest BCUT2D eigenvalue weighted by molar-refractivity contribution is 6.31. The molecule has 0 radical (unpaired) electrons. The van der Waals surface area contributed by atoms with Crippen LogP contribution in [0.1, 0.15) is 22.7 Å². The van der Waals surface area contributed by atoms with Crippen LogP contribution < -0.4 is 5.32 Å². The van der Waals surface area contributed by atoms with E-state index in [4.69, 9.17) is 11.6 Å². The number of hydrogen-bond donors (Lipinski definition) is 1. The molecular weight excluding hydrogens is 305 g/mol. The second-order valence-electron chi connectivity index (χ2n) is 4.60. The maximum atomic E-state index is 12.6. The van der Waals surface area contributed by atoms with Crippen molar-refractivity contribution in [1.82, 2.24) is 4.98 Å². The van der Waals surface area contributed by atoms with E-state index in [1.54, 1.807) is 24.3 Å². The Kier molecular flexibility index (Phi) is 3.13. The molecule has 0 fully saturated rings. The van der Waals surface area contributed by atoms with Crippen molar-refractivity contribution in [2.24, 2.45) is 0 Å². The minimum absolute atomic E-state index is 0.118. The predicted molar refractivity (Wildman–Crippen MR) is 71.2 cm³/mol. The van der Waals surface area contributed by atoms with Crippen LogP contribution >= 0.6 is 11.6 Å². The second-order valence-corrected chi connectivity index (χ2v) is 5.01. The normalized spacial score (nSPS) is 17.5. The number of amides is 1. The summed E-state index contributed by atoms with van der Waals surface area (Å²) in [4.78, 5) is 15.8. The average Bonchev–Trinajstić information content (AvgIpc) is 2.74. The van der Waals surface area contributed by atoms with Crippen LogP contribution in [-0.2, 0) is 11.0 Å². The zero-order chi connectivity index (χ0) is 15.2. The van der Waals surface area contributed by atoms with Gasteiger partial charge in [0.15, 0.2) is 0 Å². The van der Waals surface area contributed by atoms with Gasteiger partial charge in [0.05, 0.1) is 16.3 Å². The fourth-order valence-corrected chi connectivity index (χ4v) is 2.57. The standard InChI is InChI=1S/C14H8ClF3N2O/c15-9-5-7(14(16,17)18)6-19-12(9)11-8-3-1-2-4-10(8)20-13(11)21/h1-6,11H,(H,20,21). The van der Waals surface area contributed by atoms with E-state index >= 15 is 0 Å². The van der Waals surface area contributed by atoms with Gasteiger partial charge in [-0.15, -0.1) is 0 Å². The van der Waals surface area contributed by atoms with Crippen LogP contribution in [0.25, 0.3) is 0 Å². The number of para-hydroxylation sites is 1. The van der Waals surface area contributed by atoms with Gasteiger partial charge in [-0.25, -0.2) is 0 Å². The first-order valence-corrected chi connectivity index (χ1v) is 6.38. The fraction of sp³-hybridized carbons (Fsp3) is 0.143. The van der Waals surface area contributed by atoms with Gasteiger partial charge >= 0.3 is 6.18 Å². The number of pyridine rings is 1. The Bertz CT molecular complexity index is 730. The number of benzene rings is 1. The minimum atomic E-state index is -4.52. The summed E-state index contributed by atoms with van der Waals surface area (Å²) >= 11 is 5.90. The van der Waals surface area contributed by atoms with E-state index in [0.717, 1.165) is 6.07 Å². The predicted octanol–water partition coefficient (Wildman–Crippen LogP) is 3.84. The number of aromatic nitrogens is 1. The molecule has 7 heteroatoms. The van der Waals surface area contributed by atoms with Gasteiger partial charge in [0.25, 0.3) is 0 Å². The molecule has 21 heavy (non-hydrogen) atoms. The number of carbonyl (C=O) groups excluding carboxylic acids is 1. The molecule has 0 spiro atoms. The van der Waals surface area contributed by atoms with Crippen molar-refractivity contribution in [3.8, 4) is 0 Å². The van der Waals surface area contributed by atoms with Crippen molar-refractivity contribution >= 4 is 23.2 Å². The van der Waals surface area contributed by atoms with Crippen molar-refractivity contribution in [2.45, 2.75) is 12.1 Å². The highest BCUT2D eigenvalue weighted by Gasteiger charge is 2.36. The molecule has 0 saturated heterocycles. The lowest BCUT2D eigenvalue weighted by atomic mass is 9.96. The van der Waals surface area contributed by atoms with Gasteiger partial charge in [-0.3, -0.25) is 9.78 Å². The van der Waals surface area contributed by atoms with Gasteiger partial charge in [0.1, 0.15) is 5.92 Å². The SMILES string of the molecule is O=C1Nc2ccccc2C1c1ncc(C(F)(F)F)cc1Cl. The maximum absolute atomic E-state index is 12.6. The summed E-state index contributed by atoms with van der Waals surface area (Å²) in [5, 5.41) is 2.48. The third kappa shape index (κ3) is 2.35. The van der Waals surface area contributed by atoms with Crippen molar-refractivity contribution < 1.29 is 18.0 Å². The molecule has 1 N–H and O–H groups in total. The van der Waals surface area contributed by atoms with Crippen molar-refractivity contribution in [3.05, 3.63) is 58.4 Å². The van der Waals surface area contributed by atoms with E-state index in [9.17, 15) is 18.0 Å². The van der Waals surface area contributed by atoms with Gasteiger partial charge < -0.3 is 5.32 Å². The Morgan fingerprint density at radius 1 is 1.24 bits per heavy atom. The van der Waals surface area contributed by atoms with E-state index in [2.05, 4.69) is 10.3 Å². The monoisotopic (exact) mass is 312 g/mol. The quantitative estimate of drug-likeness (QED) is 0.869. The molecule has 1 unspecified atom stereocenters. The molecule has 3 rings (SSSR count). The van der Waals surface area contributed by atoms with Crippen molar-refractivity contribution in [1.29, 1.82) is 0 Å². The van der Waals surface area contributed by atoms with Gasteiger partial charge in [0.2, 0.25) is 5.91 Å². The Hall–Kier alpha value is -2.08. The summed E-state index contributed by atoms with van der Waals surface area (Å²) in [6, 6.07) is 7.71. The number of carbonyl (C=O) groups is 1. The number of halogens is 4. The number of rotatable bonds is 1. The molecule has 1 atom stereocenters. The van der Waals surface area contributed by atoms with E-state index in [-0.39, 0.29) is 16.6 Å². The lowest BCUT2D eigenvalue weighted by Gasteiger charge is -2.12. The lowest BCUT2D eigenvalue weighted by Crippen LogP contribution is -2.16. The van der Waals surface area contributed by atoms with Crippen LogP contribution in [0.4, 0.5) is 18.9 Å². The molecule has 0 bridgehead atoms. The molecule has 108 valence electrons. The highest BCUT2D eigenvalue weighted by Crippen LogP contribution is 2.40. The van der Waals surface area contributed by atoms with Gasteiger partial charge in [-0.1, -0.05) is 29.8 Å². The largest absolute Gasteiger partial charge is 0.417 e.